The minimum Gasteiger partial charge on any atom is -0.778 e. The molecule has 0 heterocycles. The smallest absolute Gasteiger partial charge is 0.778 e. The molecule has 44 heteroatoms. The summed E-state index contributed by atoms with van der Waals surface area (Å²) >= 11 is 0. The summed E-state index contributed by atoms with van der Waals surface area (Å²) in [6.45, 7) is 0. The molecule has 8 bridgehead atoms. The summed E-state index contributed by atoms with van der Waals surface area (Å²) in [4.78, 5) is 180. The van der Waals surface area contributed by atoms with E-state index in [0.29, 0.717) is 48.5 Å². The van der Waals surface area contributed by atoms with Gasteiger partial charge in [0, 0.05) is 25.7 Å². The van der Waals surface area contributed by atoms with Gasteiger partial charge in [-0.05, 0) is 66.8 Å². The Bertz CT molecular complexity index is 2550. The average Bonchev–Trinajstić information content (AvgIpc) is 3.07. The number of fused-ring (bicyclic) bond motifs is 8. The van der Waals surface area contributed by atoms with Crippen LogP contribution in [0.1, 0.15) is 88.4 Å². The van der Waals surface area contributed by atoms with Crippen LogP contribution in [0.4, 0.5) is 0 Å². The standard InChI is InChI=1S/C32H40O28P8.8Na/c33-25-13-1-14-6-22(30(63(43,44)45)64(46,47)48)8-16(26(14)34)3-18-10-24(32(67(55,56)57)68(58,59)60)12-20(28(18)36)4-19-11-23(31(65(49,50)51)66(52,53)54)9-17(27(19)35)2-15(25)7-21(5-13)29(61(37,38)39)62(40,41)42;;;;;;;;/h5-12,29-36H,1-4H2,(H2,37,38,39)(H2,40,41,42)(H2,43,44,45)(H2,46,47,48)(H2,49,50,51)(H2,52,53,54)(H2,55,56,57)(H2,58,59,60);;;;;;;;/q;8*+1/p-8. The summed E-state index contributed by atoms with van der Waals surface area (Å²) in [5.74, 6) is -4.67. The molecule has 4 aromatic rings. The van der Waals surface area contributed by atoms with Crippen LogP contribution in [0.2, 0.25) is 0 Å². The first-order valence-corrected chi connectivity index (χ1v) is 31.3. The van der Waals surface area contributed by atoms with E-state index in [0.717, 1.165) is 0 Å². The van der Waals surface area contributed by atoms with Crippen molar-refractivity contribution in [2.24, 2.45) is 0 Å². The molecule has 0 amide bonds. The second-order valence-corrected chi connectivity index (χ2v) is 30.3. The van der Waals surface area contributed by atoms with Crippen LogP contribution < -0.4 is 276 Å². The van der Waals surface area contributed by atoms with E-state index in [1.807, 2.05) is 0 Å². The summed E-state index contributed by atoms with van der Waals surface area (Å²) in [5.41, 5.74) is -11.6. The Hall–Kier alpha value is 5.28. The third-order valence-electron chi connectivity index (χ3n) is 10.3. The van der Waals surface area contributed by atoms with Crippen LogP contribution in [0.5, 0.6) is 23.0 Å². The predicted molar refractivity (Wildman–Crippen MR) is 213 cm³/mol. The Kier molecular flexibility index (Phi) is 37.1. The van der Waals surface area contributed by atoms with E-state index >= 15 is 0 Å². The van der Waals surface area contributed by atoms with Gasteiger partial charge in [0.1, 0.15) is 105 Å². The molecule has 28 nitrogen and oxygen atoms in total. The monoisotopic (exact) mass is 1300 g/mol. The van der Waals surface area contributed by atoms with Crippen LogP contribution in [0.3, 0.4) is 0 Å². The summed E-state index contributed by atoms with van der Waals surface area (Å²) in [5, 5.41) is 33.3. The van der Waals surface area contributed by atoms with Crippen LogP contribution >= 0.6 is 60.8 Å². The van der Waals surface area contributed by atoms with E-state index in [-0.39, 0.29) is 236 Å². The predicted octanol–water partition coefficient (Wildman–Crippen LogP) is -26.4. The summed E-state index contributed by atoms with van der Waals surface area (Å²) in [6, 6.07) is 3.31. The van der Waals surface area contributed by atoms with Crippen molar-refractivity contribution in [2.75, 3.05) is 0 Å². The molecule has 0 spiro atoms. The summed E-state index contributed by atoms with van der Waals surface area (Å²) < 4.78 is 99.9. The molecular formula is C32H32Na8O28P8. The minimum atomic E-state index is -6.32. The molecule has 0 aliphatic heterocycles. The van der Waals surface area contributed by atoms with Crippen molar-refractivity contribution in [1.82, 2.24) is 0 Å². The van der Waals surface area contributed by atoms with E-state index in [1.165, 1.54) is 0 Å². The molecule has 5 rings (SSSR count). The molecule has 1 aliphatic carbocycles. The zero-order valence-corrected chi connectivity index (χ0v) is 64.4. The van der Waals surface area contributed by atoms with Gasteiger partial charge in [0.15, 0.2) is 0 Å². The molecule has 8 atom stereocenters. The molecule has 0 saturated heterocycles. The van der Waals surface area contributed by atoms with Gasteiger partial charge < -0.3 is 135 Å². The largest absolute Gasteiger partial charge is 1.00 e. The van der Waals surface area contributed by atoms with E-state index in [1.54, 1.807) is 0 Å². The third kappa shape index (κ3) is 21.8. The molecule has 376 valence electrons. The molecule has 1 aliphatic rings. The number of hydrogen-bond acceptors (Lipinski definition) is 20. The number of phenolic OH excluding ortho intramolecular Hbond substituents is 4. The van der Waals surface area contributed by atoms with Crippen molar-refractivity contribution in [3.05, 3.63) is 115 Å². The summed E-state index contributed by atoms with van der Waals surface area (Å²) in [7, 11) is -50.6. The first kappa shape index (κ1) is 87.7. The Morgan fingerprint density at radius 3 is 0.434 bits per heavy atom. The topological polar surface area (TPSA) is 564 Å². The zero-order chi connectivity index (χ0) is 52.0. The molecule has 0 aromatic heterocycles. The van der Waals surface area contributed by atoms with Crippen LogP contribution in [-0.2, 0) is 62.2 Å². The van der Waals surface area contributed by atoms with E-state index in [4.69, 9.17) is 0 Å². The minimum absolute atomic E-state index is 0. The molecule has 76 heavy (non-hydrogen) atoms. The fourth-order valence-corrected chi connectivity index (χ4v) is 18.0. The van der Waals surface area contributed by atoms with Gasteiger partial charge in [0.05, 0.1) is 0 Å². The maximum absolute atomic E-state index is 12.5. The van der Waals surface area contributed by atoms with Gasteiger partial charge in [-0.3, -0.25) is 0 Å². The third-order valence-corrected chi connectivity index (χ3v) is 24.7. The van der Waals surface area contributed by atoms with Crippen LogP contribution in [0.25, 0.3) is 0 Å². The van der Waals surface area contributed by atoms with Gasteiger partial charge >= 0.3 is 236 Å². The normalized spacial score (nSPS) is 19.8. The van der Waals surface area contributed by atoms with Gasteiger partial charge in [0.25, 0.3) is 0 Å². The van der Waals surface area contributed by atoms with Gasteiger partial charge in [0.2, 0.25) is 0 Å². The maximum Gasteiger partial charge on any atom is 1.00 e. The van der Waals surface area contributed by atoms with E-state index < -0.39 is 198 Å². The maximum atomic E-state index is 12.5. The van der Waals surface area contributed by atoms with Crippen molar-refractivity contribution in [2.45, 2.75) is 47.3 Å². The molecule has 0 fully saturated rings. The van der Waals surface area contributed by atoms with Crippen LogP contribution in [0.15, 0.2) is 48.5 Å². The Morgan fingerprint density at radius 1 is 0.263 bits per heavy atom. The van der Waals surface area contributed by atoms with Crippen LogP contribution in [0, 0.1) is 0 Å². The number of rotatable bonds is 12. The molecule has 4 aromatic carbocycles. The molecule has 8 unspecified atom stereocenters. The van der Waals surface area contributed by atoms with Crippen molar-refractivity contribution in [1.29, 1.82) is 0 Å². The SMILES string of the molecule is O=P([O-])(O)C(c1cc2c(O)c(c1)Cc1cc(C(P(=O)([O-])O)P(=O)([O-])O)cc(c1O)Cc1cc(C(P(=O)([O-])O)P(=O)([O-])O)cc(c1O)Cc1cc(C(P(=O)([O-])O)P(=O)([O-])O)cc(c1O)C2)P(=O)([O-])O.[Na+].[Na+].[Na+].[Na+].[Na+].[Na+].[Na+].[Na+]. The molecule has 0 saturated carbocycles. The molecule has 12 N–H and O–H groups in total. The number of phenols is 4. The van der Waals surface area contributed by atoms with Crippen molar-refractivity contribution < 1.29 is 372 Å². The Morgan fingerprint density at radius 2 is 0.355 bits per heavy atom. The van der Waals surface area contributed by atoms with Crippen molar-refractivity contribution in [3.63, 3.8) is 0 Å². The van der Waals surface area contributed by atoms with Gasteiger partial charge in [-0.25, -0.2) is 0 Å². The summed E-state index contributed by atoms with van der Waals surface area (Å²) in [6.07, 6.45) is -4.92. The van der Waals surface area contributed by atoms with Gasteiger partial charge in [-0.1, -0.05) is 48.5 Å². The number of benzene rings is 4. The van der Waals surface area contributed by atoms with Crippen LogP contribution in [-0.4, -0.2) is 59.6 Å². The average molecular weight is 1300 g/mol. The fourth-order valence-electron chi connectivity index (χ4n) is 7.89. The van der Waals surface area contributed by atoms with E-state index in [9.17, 15) is 135 Å². The fraction of sp³-hybridized carbons (Fsp3) is 0.250. The Labute approximate surface area is 607 Å². The van der Waals surface area contributed by atoms with Crippen molar-refractivity contribution >= 4 is 60.8 Å². The Balaban J connectivity index is -0.00000324. The number of aromatic hydroxyl groups is 4. The number of hydrogen-bond donors (Lipinski definition) is 12. The quantitative estimate of drug-likeness (QED) is 0.0408. The second-order valence-electron chi connectivity index (χ2n) is 15.5. The second kappa shape index (κ2) is 32.1. The van der Waals surface area contributed by atoms with Gasteiger partial charge in [-0.15, -0.1) is 0 Å². The van der Waals surface area contributed by atoms with E-state index in [2.05, 4.69) is 0 Å². The van der Waals surface area contributed by atoms with Crippen molar-refractivity contribution in [3.8, 4) is 23.0 Å². The molecule has 0 radical (unpaired) electrons. The first-order chi connectivity index (χ1) is 30.4. The van der Waals surface area contributed by atoms with Gasteiger partial charge in [-0.2, -0.15) is 0 Å². The molecular weight excluding hydrogens is 1260 g/mol. The first-order valence-electron chi connectivity index (χ1n) is 18.1. The zero-order valence-electron chi connectivity index (χ0n) is 41.2.